The van der Waals surface area contributed by atoms with Gasteiger partial charge >= 0.3 is 0 Å². The van der Waals surface area contributed by atoms with E-state index >= 15 is 0 Å². The van der Waals surface area contributed by atoms with Crippen molar-refractivity contribution in [2.75, 3.05) is 6.54 Å². The van der Waals surface area contributed by atoms with Gasteiger partial charge in [-0.1, -0.05) is 25.8 Å². The first kappa shape index (κ1) is 19.7. The highest BCUT2D eigenvalue weighted by molar-refractivity contribution is 6.46. The number of aryl methyl sites for hydroxylation is 1. The van der Waals surface area contributed by atoms with E-state index in [0.717, 1.165) is 19.3 Å². The first-order chi connectivity index (χ1) is 13.5. The summed E-state index contributed by atoms with van der Waals surface area (Å²) in [5.41, 5.74) is 1.32. The molecule has 3 rings (SSSR count). The lowest BCUT2D eigenvalue weighted by molar-refractivity contribution is -0.139. The van der Waals surface area contributed by atoms with Gasteiger partial charge in [0.15, 0.2) is 0 Å². The van der Waals surface area contributed by atoms with Crippen LogP contribution in [-0.2, 0) is 9.59 Å². The molecular formula is C22H23FN2O3. The largest absolute Gasteiger partial charge is 0.507 e. The predicted molar refractivity (Wildman–Crippen MR) is 104 cm³/mol. The topological polar surface area (TPSA) is 70.5 Å². The lowest BCUT2D eigenvalue weighted by atomic mass is 9.95. The van der Waals surface area contributed by atoms with E-state index in [4.69, 9.17) is 0 Å². The van der Waals surface area contributed by atoms with Gasteiger partial charge in [0.1, 0.15) is 11.6 Å². The van der Waals surface area contributed by atoms with E-state index in [1.807, 2.05) is 0 Å². The SMILES string of the molecule is CCCCCN1C(=O)C(=O)/C(=C(\O)c2ccc(F)c(C)c2)C1c1cccnc1. The Balaban J connectivity index is 2.12. The predicted octanol–water partition coefficient (Wildman–Crippen LogP) is 4.14. The summed E-state index contributed by atoms with van der Waals surface area (Å²) in [4.78, 5) is 31.1. The number of ketones is 1. The molecule has 1 atom stereocenters. The molecule has 1 aliphatic heterocycles. The third-order valence-electron chi connectivity index (χ3n) is 4.97. The van der Waals surface area contributed by atoms with Gasteiger partial charge in [0.2, 0.25) is 0 Å². The highest BCUT2D eigenvalue weighted by Gasteiger charge is 2.45. The average molecular weight is 382 g/mol. The van der Waals surface area contributed by atoms with Gasteiger partial charge in [0.25, 0.3) is 11.7 Å². The van der Waals surface area contributed by atoms with Crippen molar-refractivity contribution >= 4 is 17.4 Å². The second-order valence-corrected chi connectivity index (χ2v) is 6.95. The standard InChI is InChI=1S/C22H23FN2O3/c1-3-4-5-11-25-19(16-7-6-10-24-13-16)18(21(27)22(25)28)20(26)15-8-9-17(23)14(2)12-15/h6-10,12-13,19,26H,3-5,11H2,1-2H3/b20-18-. The Bertz CT molecular complexity index is 925. The van der Waals surface area contributed by atoms with Crippen LogP contribution in [0.2, 0.25) is 0 Å². The van der Waals surface area contributed by atoms with Gasteiger partial charge < -0.3 is 10.0 Å². The smallest absolute Gasteiger partial charge is 0.295 e. The molecule has 1 aliphatic rings. The molecule has 1 saturated heterocycles. The number of benzene rings is 1. The summed E-state index contributed by atoms with van der Waals surface area (Å²) in [6, 6.07) is 6.90. The van der Waals surface area contributed by atoms with Crippen LogP contribution < -0.4 is 0 Å². The summed E-state index contributed by atoms with van der Waals surface area (Å²) in [5, 5.41) is 10.9. The fraction of sp³-hybridized carbons (Fsp3) is 0.318. The maximum absolute atomic E-state index is 13.6. The van der Waals surface area contributed by atoms with Crippen LogP contribution in [0, 0.1) is 12.7 Å². The molecule has 0 saturated carbocycles. The highest BCUT2D eigenvalue weighted by atomic mass is 19.1. The minimum absolute atomic E-state index is 0.0144. The zero-order valence-corrected chi connectivity index (χ0v) is 16.0. The Kier molecular flexibility index (Phi) is 5.87. The quantitative estimate of drug-likeness (QED) is 0.353. The maximum atomic E-state index is 13.6. The fourth-order valence-corrected chi connectivity index (χ4v) is 3.47. The number of unbranched alkanes of at least 4 members (excludes halogenated alkanes) is 2. The third kappa shape index (κ3) is 3.67. The Hall–Kier alpha value is -3.02. The van der Waals surface area contributed by atoms with Gasteiger partial charge in [-0.05, 0) is 48.7 Å². The van der Waals surface area contributed by atoms with E-state index in [1.54, 1.807) is 31.5 Å². The number of carbonyl (C=O) groups excluding carboxylic acids is 2. The van der Waals surface area contributed by atoms with E-state index in [9.17, 15) is 19.1 Å². The number of carbonyl (C=O) groups is 2. The van der Waals surface area contributed by atoms with E-state index in [2.05, 4.69) is 11.9 Å². The van der Waals surface area contributed by atoms with Gasteiger partial charge in [-0.15, -0.1) is 0 Å². The summed E-state index contributed by atoms with van der Waals surface area (Å²) in [5.74, 6) is -2.07. The van der Waals surface area contributed by atoms with E-state index in [-0.39, 0.29) is 11.3 Å². The van der Waals surface area contributed by atoms with E-state index < -0.39 is 23.5 Å². The molecule has 2 heterocycles. The third-order valence-corrected chi connectivity index (χ3v) is 4.97. The van der Waals surface area contributed by atoms with Crippen LogP contribution in [-0.4, -0.2) is 33.2 Å². The molecule has 0 radical (unpaired) electrons. The van der Waals surface area contributed by atoms with Crippen LogP contribution in [0.4, 0.5) is 4.39 Å². The number of aliphatic hydroxyl groups excluding tert-OH is 1. The normalized spacial score (nSPS) is 18.7. The van der Waals surface area contributed by atoms with Crippen molar-refractivity contribution in [3.63, 3.8) is 0 Å². The molecule has 5 nitrogen and oxygen atoms in total. The van der Waals surface area contributed by atoms with E-state index in [0.29, 0.717) is 23.2 Å². The van der Waals surface area contributed by atoms with Gasteiger partial charge in [0.05, 0.1) is 11.6 Å². The molecule has 6 heteroatoms. The molecule has 1 aromatic carbocycles. The van der Waals surface area contributed by atoms with Gasteiger partial charge in [0, 0.05) is 24.5 Å². The molecular weight excluding hydrogens is 359 g/mol. The van der Waals surface area contributed by atoms with Crippen molar-refractivity contribution in [3.05, 3.63) is 70.8 Å². The van der Waals surface area contributed by atoms with Crippen molar-refractivity contribution in [2.24, 2.45) is 0 Å². The van der Waals surface area contributed by atoms with Gasteiger partial charge in [-0.3, -0.25) is 14.6 Å². The van der Waals surface area contributed by atoms with Crippen molar-refractivity contribution < 1.29 is 19.1 Å². The molecule has 1 unspecified atom stereocenters. The number of pyridine rings is 1. The van der Waals surface area contributed by atoms with Crippen molar-refractivity contribution in [3.8, 4) is 0 Å². The van der Waals surface area contributed by atoms with Gasteiger partial charge in [-0.25, -0.2) is 4.39 Å². The Morgan fingerprint density at radius 1 is 1.25 bits per heavy atom. The van der Waals surface area contributed by atoms with Crippen LogP contribution in [0.3, 0.4) is 0 Å². The molecule has 2 aromatic rings. The Morgan fingerprint density at radius 2 is 2.04 bits per heavy atom. The molecule has 1 amide bonds. The van der Waals surface area contributed by atoms with Crippen LogP contribution in [0.15, 0.2) is 48.3 Å². The minimum atomic E-state index is -0.732. The molecule has 0 aliphatic carbocycles. The number of nitrogens with zero attached hydrogens (tertiary/aromatic N) is 2. The molecule has 1 N–H and O–H groups in total. The Labute approximate surface area is 163 Å². The molecule has 0 spiro atoms. The number of aliphatic hydroxyl groups is 1. The maximum Gasteiger partial charge on any atom is 0.295 e. The lowest BCUT2D eigenvalue weighted by Gasteiger charge is -2.25. The first-order valence-electron chi connectivity index (χ1n) is 9.40. The number of amides is 1. The highest BCUT2D eigenvalue weighted by Crippen LogP contribution is 2.39. The number of hydrogen-bond donors (Lipinski definition) is 1. The van der Waals surface area contributed by atoms with E-state index in [1.165, 1.54) is 23.1 Å². The summed E-state index contributed by atoms with van der Waals surface area (Å²) in [7, 11) is 0. The van der Waals surface area contributed by atoms with Crippen molar-refractivity contribution in [1.82, 2.24) is 9.88 Å². The van der Waals surface area contributed by atoms with Crippen molar-refractivity contribution in [1.29, 1.82) is 0 Å². The lowest BCUT2D eigenvalue weighted by Crippen LogP contribution is -2.30. The minimum Gasteiger partial charge on any atom is -0.507 e. The first-order valence-corrected chi connectivity index (χ1v) is 9.40. The number of Topliss-reactive ketones (excluding diaryl/α,β-unsaturated/α-hetero) is 1. The summed E-state index contributed by atoms with van der Waals surface area (Å²) in [6.45, 7) is 4.05. The van der Waals surface area contributed by atoms with Crippen LogP contribution in [0.5, 0.6) is 0 Å². The number of halogens is 1. The number of rotatable bonds is 6. The summed E-state index contributed by atoms with van der Waals surface area (Å²) in [6.07, 6.45) is 5.87. The molecule has 0 bridgehead atoms. The van der Waals surface area contributed by atoms with Crippen LogP contribution in [0.25, 0.3) is 5.76 Å². The average Bonchev–Trinajstić information content (AvgIpc) is 2.95. The summed E-state index contributed by atoms with van der Waals surface area (Å²) >= 11 is 0. The molecule has 1 aromatic heterocycles. The molecule has 146 valence electrons. The second-order valence-electron chi connectivity index (χ2n) is 6.95. The number of likely N-dealkylation sites (tertiary alicyclic amines) is 1. The van der Waals surface area contributed by atoms with Gasteiger partial charge in [-0.2, -0.15) is 0 Å². The van der Waals surface area contributed by atoms with Crippen molar-refractivity contribution in [2.45, 2.75) is 39.2 Å². The molecule has 28 heavy (non-hydrogen) atoms. The second kappa shape index (κ2) is 8.33. The zero-order chi connectivity index (χ0) is 20.3. The fourth-order valence-electron chi connectivity index (χ4n) is 3.47. The van der Waals surface area contributed by atoms with Crippen LogP contribution >= 0.6 is 0 Å². The zero-order valence-electron chi connectivity index (χ0n) is 16.0. The van der Waals surface area contributed by atoms with Crippen LogP contribution in [0.1, 0.15) is 48.9 Å². The monoisotopic (exact) mass is 382 g/mol. The summed E-state index contributed by atoms with van der Waals surface area (Å²) < 4.78 is 13.6. The number of aromatic nitrogens is 1. The Morgan fingerprint density at radius 3 is 2.68 bits per heavy atom. The molecule has 1 fully saturated rings. The number of hydrogen-bond acceptors (Lipinski definition) is 4.